The quantitative estimate of drug-likeness (QED) is 0.448. The fourth-order valence-electron chi connectivity index (χ4n) is 3.24. The maximum atomic E-state index is 12.3. The molecule has 0 amide bonds. The minimum absolute atomic E-state index is 0.293. The summed E-state index contributed by atoms with van der Waals surface area (Å²) in [5.74, 6) is 0.507. The lowest BCUT2D eigenvalue weighted by Gasteiger charge is -2.08. The predicted octanol–water partition coefficient (Wildman–Crippen LogP) is 4.37. The van der Waals surface area contributed by atoms with E-state index in [0.29, 0.717) is 27.7 Å². The Bertz CT molecular complexity index is 1310. The second-order valence-electron chi connectivity index (χ2n) is 7.71. The molecule has 32 heavy (non-hydrogen) atoms. The number of nitrogens with zero attached hydrogens (tertiary/aromatic N) is 3. The molecule has 0 aliphatic carbocycles. The molecule has 4 rings (SSSR count). The highest BCUT2D eigenvalue weighted by Gasteiger charge is 2.19. The Morgan fingerprint density at radius 1 is 0.906 bits per heavy atom. The number of benzene rings is 2. The van der Waals surface area contributed by atoms with E-state index in [2.05, 4.69) is 20.4 Å². The number of sulfone groups is 1. The summed E-state index contributed by atoms with van der Waals surface area (Å²) in [5, 5.41) is 6.82. The Labute approximate surface area is 187 Å². The van der Waals surface area contributed by atoms with Gasteiger partial charge in [0.05, 0.1) is 28.2 Å². The average molecular weight is 449 g/mol. The van der Waals surface area contributed by atoms with Crippen molar-refractivity contribution in [1.82, 2.24) is 20.4 Å². The lowest BCUT2D eigenvalue weighted by molar-refractivity contribution is 0.433. The van der Waals surface area contributed by atoms with E-state index < -0.39 is 15.1 Å². The van der Waals surface area contributed by atoms with E-state index in [1.807, 2.05) is 37.4 Å². The zero-order valence-electron chi connectivity index (χ0n) is 18.1. The molecule has 0 aliphatic heterocycles. The van der Waals surface area contributed by atoms with Crippen molar-refractivity contribution >= 4 is 9.84 Å². The molecule has 8 heteroatoms. The Hall–Kier alpha value is -3.36. The summed E-state index contributed by atoms with van der Waals surface area (Å²) in [7, 11) is -1.41. The van der Waals surface area contributed by atoms with Crippen LogP contribution in [0.2, 0.25) is 0 Å². The molecule has 2 heterocycles. The minimum Gasteiger partial charge on any atom is -0.354 e. The molecular formula is C24H24N4O3S. The predicted molar refractivity (Wildman–Crippen MR) is 123 cm³/mol. The second kappa shape index (κ2) is 9.02. The second-order valence-corrected chi connectivity index (χ2v) is 10.2. The number of hydrogen-bond acceptors (Lipinski definition) is 7. The third kappa shape index (κ3) is 4.46. The minimum atomic E-state index is -3.32. The molecule has 0 atom stereocenters. The van der Waals surface area contributed by atoms with Gasteiger partial charge in [0.2, 0.25) is 0 Å². The maximum absolute atomic E-state index is 12.3. The SMILES string of the molecule is CNCc1ccc(-c2cc(-c3cncc(-c4ccc(S(=O)(=O)C(C)C)cc4)n3)on2)cc1. The first-order chi connectivity index (χ1) is 15.4. The smallest absolute Gasteiger partial charge is 0.187 e. The summed E-state index contributed by atoms with van der Waals surface area (Å²) >= 11 is 0. The zero-order valence-corrected chi connectivity index (χ0v) is 18.9. The van der Waals surface area contributed by atoms with Gasteiger partial charge in [-0.25, -0.2) is 13.4 Å². The molecule has 0 saturated carbocycles. The number of rotatable bonds is 7. The van der Waals surface area contributed by atoms with Crippen molar-refractivity contribution in [3.63, 3.8) is 0 Å². The first-order valence-electron chi connectivity index (χ1n) is 10.3. The van der Waals surface area contributed by atoms with Crippen LogP contribution in [0.4, 0.5) is 0 Å². The van der Waals surface area contributed by atoms with Crippen molar-refractivity contribution in [2.24, 2.45) is 0 Å². The standard InChI is InChI=1S/C24H24N4O3S/c1-16(2)32(29,30)20-10-8-19(9-11-20)22-14-26-15-23(27-22)24-12-21(28-31-24)18-6-4-17(5-7-18)13-25-3/h4-12,14-16,25H,13H2,1-3H3. The van der Waals surface area contributed by atoms with Crippen molar-refractivity contribution in [2.75, 3.05) is 7.05 Å². The molecular weight excluding hydrogens is 424 g/mol. The highest BCUT2D eigenvalue weighted by molar-refractivity contribution is 7.92. The van der Waals surface area contributed by atoms with E-state index in [-0.39, 0.29) is 0 Å². The molecule has 0 saturated heterocycles. The number of hydrogen-bond donors (Lipinski definition) is 1. The highest BCUT2D eigenvalue weighted by atomic mass is 32.2. The van der Waals surface area contributed by atoms with E-state index in [0.717, 1.165) is 17.7 Å². The van der Waals surface area contributed by atoms with Crippen LogP contribution in [0, 0.1) is 0 Å². The van der Waals surface area contributed by atoms with Gasteiger partial charge in [-0.2, -0.15) is 0 Å². The van der Waals surface area contributed by atoms with Crippen molar-refractivity contribution in [3.8, 4) is 34.0 Å². The highest BCUT2D eigenvalue weighted by Crippen LogP contribution is 2.27. The molecule has 0 spiro atoms. The van der Waals surface area contributed by atoms with Gasteiger partial charge in [0, 0.05) is 23.7 Å². The van der Waals surface area contributed by atoms with Crippen molar-refractivity contribution in [1.29, 1.82) is 0 Å². The topological polar surface area (TPSA) is 98.0 Å². The van der Waals surface area contributed by atoms with Gasteiger partial charge in [-0.05, 0) is 38.6 Å². The maximum Gasteiger partial charge on any atom is 0.187 e. The van der Waals surface area contributed by atoms with E-state index in [1.165, 1.54) is 5.56 Å². The Morgan fingerprint density at radius 3 is 2.19 bits per heavy atom. The fraction of sp³-hybridized carbons (Fsp3) is 0.208. The molecule has 0 radical (unpaired) electrons. The molecule has 7 nitrogen and oxygen atoms in total. The van der Waals surface area contributed by atoms with Gasteiger partial charge in [0.1, 0.15) is 11.4 Å². The molecule has 2 aromatic carbocycles. The van der Waals surface area contributed by atoms with Crippen molar-refractivity contribution in [2.45, 2.75) is 30.5 Å². The summed E-state index contributed by atoms with van der Waals surface area (Å²) in [5.41, 5.74) is 4.78. The van der Waals surface area contributed by atoms with Crippen molar-refractivity contribution in [3.05, 3.63) is 72.6 Å². The molecule has 0 bridgehead atoms. The summed E-state index contributed by atoms with van der Waals surface area (Å²) in [6, 6.07) is 16.6. The Balaban J connectivity index is 1.59. The largest absolute Gasteiger partial charge is 0.354 e. The number of nitrogens with one attached hydrogen (secondary N) is 1. The molecule has 0 aliphatic rings. The molecule has 164 valence electrons. The first-order valence-corrected chi connectivity index (χ1v) is 11.8. The van der Waals surface area contributed by atoms with Gasteiger partial charge in [0.25, 0.3) is 0 Å². The normalized spacial score (nSPS) is 11.8. The van der Waals surface area contributed by atoms with Crippen LogP contribution in [0.15, 0.2) is 76.4 Å². The third-order valence-electron chi connectivity index (χ3n) is 5.13. The van der Waals surface area contributed by atoms with Crippen LogP contribution in [-0.2, 0) is 16.4 Å². The average Bonchev–Trinajstić information content (AvgIpc) is 3.30. The van der Waals surface area contributed by atoms with E-state index in [1.54, 1.807) is 50.5 Å². The summed E-state index contributed by atoms with van der Waals surface area (Å²) in [4.78, 5) is 9.20. The third-order valence-corrected chi connectivity index (χ3v) is 7.30. The van der Waals surface area contributed by atoms with Crippen LogP contribution in [0.1, 0.15) is 19.4 Å². The van der Waals surface area contributed by atoms with Crippen molar-refractivity contribution < 1.29 is 12.9 Å². The summed E-state index contributed by atoms with van der Waals surface area (Å²) in [6.45, 7) is 4.14. The molecule has 0 fully saturated rings. The van der Waals surface area contributed by atoms with E-state index in [9.17, 15) is 8.42 Å². The van der Waals surface area contributed by atoms with E-state index >= 15 is 0 Å². The molecule has 4 aromatic rings. The fourth-order valence-corrected chi connectivity index (χ4v) is 4.30. The number of aromatic nitrogens is 3. The van der Waals surface area contributed by atoms with Crippen LogP contribution in [-0.4, -0.2) is 35.8 Å². The van der Waals surface area contributed by atoms with Crippen LogP contribution in [0.3, 0.4) is 0 Å². The lowest BCUT2D eigenvalue weighted by atomic mass is 10.1. The Kier molecular flexibility index (Phi) is 6.16. The zero-order chi connectivity index (χ0) is 22.7. The monoisotopic (exact) mass is 448 g/mol. The van der Waals surface area contributed by atoms with Gasteiger partial charge in [0.15, 0.2) is 15.6 Å². The van der Waals surface area contributed by atoms with Crippen LogP contribution in [0.5, 0.6) is 0 Å². The van der Waals surface area contributed by atoms with Crippen LogP contribution < -0.4 is 5.32 Å². The molecule has 2 aromatic heterocycles. The molecule has 1 N–H and O–H groups in total. The van der Waals surface area contributed by atoms with Gasteiger partial charge in [-0.3, -0.25) is 4.98 Å². The van der Waals surface area contributed by atoms with Gasteiger partial charge < -0.3 is 9.84 Å². The summed E-state index contributed by atoms with van der Waals surface area (Å²) in [6.07, 6.45) is 3.24. The van der Waals surface area contributed by atoms with Gasteiger partial charge in [-0.1, -0.05) is 41.6 Å². The van der Waals surface area contributed by atoms with Crippen LogP contribution >= 0.6 is 0 Å². The van der Waals surface area contributed by atoms with Gasteiger partial charge in [-0.15, -0.1) is 0 Å². The lowest BCUT2D eigenvalue weighted by Crippen LogP contribution is -2.13. The summed E-state index contributed by atoms with van der Waals surface area (Å²) < 4.78 is 30.2. The van der Waals surface area contributed by atoms with Crippen LogP contribution in [0.25, 0.3) is 34.0 Å². The van der Waals surface area contributed by atoms with Gasteiger partial charge >= 0.3 is 0 Å². The van der Waals surface area contributed by atoms with E-state index in [4.69, 9.17) is 4.52 Å². The Morgan fingerprint density at radius 2 is 1.53 bits per heavy atom. The molecule has 0 unspecified atom stereocenters. The first kappa shape index (κ1) is 21.9.